The van der Waals surface area contributed by atoms with Crippen LogP contribution in [-0.4, -0.2) is 93.6 Å². The topological polar surface area (TPSA) is 90.4 Å². The molecule has 1 spiro atoms. The van der Waals surface area contributed by atoms with E-state index in [9.17, 15) is 19.5 Å². The highest BCUT2D eigenvalue weighted by molar-refractivity contribution is 5.99. The van der Waals surface area contributed by atoms with Gasteiger partial charge in [0.15, 0.2) is 0 Å². The molecule has 3 heterocycles. The zero-order valence-electron chi connectivity index (χ0n) is 26.9. The van der Waals surface area contributed by atoms with Gasteiger partial charge in [0.2, 0.25) is 17.7 Å². The molecule has 0 aromatic rings. The Hall–Kier alpha value is -2.19. The molecule has 3 amide bonds. The van der Waals surface area contributed by atoms with Crippen molar-refractivity contribution in [3.8, 4) is 0 Å². The molecule has 41 heavy (non-hydrogen) atoms. The molecule has 2 bridgehead atoms. The van der Waals surface area contributed by atoms with Crippen LogP contribution >= 0.6 is 0 Å². The van der Waals surface area contributed by atoms with Gasteiger partial charge in [-0.2, -0.15) is 0 Å². The summed E-state index contributed by atoms with van der Waals surface area (Å²) < 4.78 is 6.92. The van der Waals surface area contributed by atoms with Gasteiger partial charge in [0.05, 0.1) is 17.4 Å². The van der Waals surface area contributed by atoms with Gasteiger partial charge in [-0.05, 0) is 57.8 Å². The van der Waals surface area contributed by atoms with Gasteiger partial charge in [-0.1, -0.05) is 52.7 Å². The molecule has 0 radical (unpaired) electrons. The molecule has 3 aliphatic rings. The van der Waals surface area contributed by atoms with E-state index in [1.165, 1.54) is 0 Å². The van der Waals surface area contributed by atoms with Crippen LogP contribution in [-0.2, 0) is 19.1 Å². The fourth-order valence-corrected chi connectivity index (χ4v) is 8.21. The van der Waals surface area contributed by atoms with E-state index < -0.39 is 34.6 Å². The van der Waals surface area contributed by atoms with Crippen LogP contribution in [0.3, 0.4) is 0 Å². The molecule has 3 fully saturated rings. The highest BCUT2D eigenvalue weighted by Crippen LogP contribution is 2.65. The Morgan fingerprint density at radius 3 is 2.24 bits per heavy atom. The fraction of sp³-hybridized carbons (Fsp3) is 0.788. The Kier molecular flexibility index (Phi) is 9.91. The van der Waals surface area contributed by atoms with Gasteiger partial charge in [0.1, 0.15) is 11.6 Å². The second kappa shape index (κ2) is 12.2. The summed E-state index contributed by atoms with van der Waals surface area (Å²) in [6.07, 6.45) is 7.86. The highest BCUT2D eigenvalue weighted by Gasteiger charge is 2.80. The lowest BCUT2D eigenvalue weighted by molar-refractivity contribution is -0.157. The van der Waals surface area contributed by atoms with E-state index >= 15 is 0 Å². The molecule has 1 N–H and O–H groups in total. The van der Waals surface area contributed by atoms with Crippen molar-refractivity contribution in [3.05, 3.63) is 25.3 Å². The molecular formula is C33H55N3O5. The van der Waals surface area contributed by atoms with Crippen LogP contribution in [0.25, 0.3) is 0 Å². The smallest absolute Gasteiger partial charge is 0.249 e. The largest absolute Gasteiger partial charge is 0.396 e. The van der Waals surface area contributed by atoms with Crippen molar-refractivity contribution in [2.45, 2.75) is 110 Å². The van der Waals surface area contributed by atoms with E-state index in [4.69, 9.17) is 4.74 Å². The lowest BCUT2D eigenvalue weighted by atomic mass is 9.62. The number of hydrogen-bond donors (Lipinski definition) is 1. The quantitative estimate of drug-likeness (QED) is 0.245. The number of likely N-dealkylation sites (N-methyl/N-ethyl adjacent to an activating group) is 1. The summed E-state index contributed by atoms with van der Waals surface area (Å²) in [6, 6.07) is -0.816. The van der Waals surface area contributed by atoms with Crippen molar-refractivity contribution in [2.75, 3.05) is 33.3 Å². The molecule has 8 nitrogen and oxygen atoms in total. The lowest BCUT2D eigenvalue weighted by Gasteiger charge is -2.45. The molecule has 0 aromatic carbocycles. The zero-order valence-corrected chi connectivity index (χ0v) is 26.9. The van der Waals surface area contributed by atoms with Crippen molar-refractivity contribution in [3.63, 3.8) is 0 Å². The number of unbranched alkanes of at least 4 members (excludes halogenated alkanes) is 3. The molecule has 0 aromatic heterocycles. The number of ether oxygens (including phenoxy) is 1. The second-order valence-corrected chi connectivity index (χ2v) is 14.7. The monoisotopic (exact) mass is 573 g/mol. The second-order valence-electron chi connectivity index (χ2n) is 14.7. The molecule has 3 rings (SSSR count). The van der Waals surface area contributed by atoms with Gasteiger partial charge in [-0.15, -0.1) is 13.2 Å². The number of fused-ring (bicyclic) bond motifs is 1. The maximum Gasteiger partial charge on any atom is 0.249 e. The first-order valence-electron chi connectivity index (χ1n) is 15.4. The number of amides is 3. The molecule has 3 saturated heterocycles. The average Bonchev–Trinajstić information content (AvgIpc) is 3.36. The van der Waals surface area contributed by atoms with Gasteiger partial charge in [-0.25, -0.2) is 0 Å². The summed E-state index contributed by atoms with van der Waals surface area (Å²) >= 11 is 0. The summed E-state index contributed by atoms with van der Waals surface area (Å²) in [6.45, 7) is 23.7. The predicted octanol–water partition coefficient (Wildman–Crippen LogP) is 4.42. The number of hydrogen-bond acceptors (Lipinski definition) is 5. The molecular weight excluding hydrogens is 518 g/mol. The molecule has 3 aliphatic heterocycles. The van der Waals surface area contributed by atoms with Crippen LogP contribution < -0.4 is 0 Å². The van der Waals surface area contributed by atoms with Crippen molar-refractivity contribution in [1.29, 1.82) is 0 Å². The summed E-state index contributed by atoms with van der Waals surface area (Å²) in [4.78, 5) is 48.5. The fourth-order valence-electron chi connectivity index (χ4n) is 8.21. The minimum absolute atomic E-state index is 0.00660. The maximum absolute atomic E-state index is 14.9. The molecule has 6 atom stereocenters. The van der Waals surface area contributed by atoms with E-state index in [0.29, 0.717) is 38.9 Å². The average molecular weight is 574 g/mol. The first kappa shape index (κ1) is 33.3. The third-order valence-corrected chi connectivity index (χ3v) is 9.67. The van der Waals surface area contributed by atoms with E-state index in [1.54, 1.807) is 29.0 Å². The standard InChI is InChI=1S/C33H55N3O5/c1-11-17-34(10)27(38)24-25-28(39)35(19-15-13-14-16-20-37)26(33(25)21-23(3)32(24,9)41-33)29(40)36(18-12-2)31(7,8)22-30(4,5)6/h11-12,23-26,37H,1-2,13-22H2,3-10H3/t23?,24-,25+,26?,32+,33?/m1/s1. The van der Waals surface area contributed by atoms with E-state index in [0.717, 1.165) is 19.3 Å². The Morgan fingerprint density at radius 2 is 1.68 bits per heavy atom. The van der Waals surface area contributed by atoms with Crippen LogP contribution in [0.15, 0.2) is 25.3 Å². The minimum atomic E-state index is -1.07. The van der Waals surface area contributed by atoms with Crippen molar-refractivity contribution < 1.29 is 24.2 Å². The number of rotatable bonds is 14. The molecule has 0 aliphatic carbocycles. The highest BCUT2D eigenvalue weighted by atomic mass is 16.5. The number of carbonyl (C=O) groups is 3. The molecule has 3 unspecified atom stereocenters. The molecule has 0 saturated carbocycles. The Labute approximate surface area is 248 Å². The van der Waals surface area contributed by atoms with Crippen LogP contribution in [0.1, 0.15) is 87.0 Å². The van der Waals surface area contributed by atoms with Crippen molar-refractivity contribution >= 4 is 17.7 Å². The molecule has 8 heteroatoms. The van der Waals surface area contributed by atoms with Crippen molar-refractivity contribution in [2.24, 2.45) is 23.2 Å². The van der Waals surface area contributed by atoms with Crippen LogP contribution in [0.4, 0.5) is 0 Å². The van der Waals surface area contributed by atoms with Gasteiger partial charge in [0.25, 0.3) is 0 Å². The summed E-state index contributed by atoms with van der Waals surface area (Å²) in [5, 5.41) is 9.21. The van der Waals surface area contributed by atoms with Crippen LogP contribution in [0, 0.1) is 23.2 Å². The van der Waals surface area contributed by atoms with Gasteiger partial charge in [0, 0.05) is 38.8 Å². The zero-order chi connectivity index (χ0) is 31.0. The normalized spacial score (nSPS) is 30.9. The first-order valence-corrected chi connectivity index (χ1v) is 15.4. The SMILES string of the molecule is C=CCN(C)C(=O)[C@H]1[C@H]2C(=O)N(CCCCCCO)C(C(=O)N(CC=C)C(C)(C)CC(C)(C)C)C23CC(C)[C@]1(C)O3. The minimum Gasteiger partial charge on any atom is -0.396 e. The molecule has 232 valence electrons. The number of aliphatic hydroxyl groups is 1. The lowest BCUT2D eigenvalue weighted by Crippen LogP contribution is -2.61. The van der Waals surface area contributed by atoms with Gasteiger partial charge < -0.3 is 24.5 Å². The maximum atomic E-state index is 14.9. The summed E-state index contributed by atoms with van der Waals surface area (Å²) in [7, 11) is 1.73. The third-order valence-electron chi connectivity index (χ3n) is 9.67. The number of likely N-dealkylation sites (tertiary alicyclic amines) is 1. The third kappa shape index (κ3) is 6.01. The van der Waals surface area contributed by atoms with Crippen LogP contribution in [0.2, 0.25) is 0 Å². The van der Waals surface area contributed by atoms with E-state index in [2.05, 4.69) is 54.7 Å². The van der Waals surface area contributed by atoms with Gasteiger partial charge >= 0.3 is 0 Å². The van der Waals surface area contributed by atoms with Crippen molar-refractivity contribution in [1.82, 2.24) is 14.7 Å². The first-order chi connectivity index (χ1) is 19.0. The Morgan fingerprint density at radius 1 is 1.07 bits per heavy atom. The number of aliphatic hydroxyl groups excluding tert-OH is 1. The van der Waals surface area contributed by atoms with E-state index in [1.807, 2.05) is 11.8 Å². The van der Waals surface area contributed by atoms with Crippen LogP contribution in [0.5, 0.6) is 0 Å². The number of nitrogens with zero attached hydrogens (tertiary/aromatic N) is 3. The summed E-state index contributed by atoms with van der Waals surface area (Å²) in [5.74, 6) is -1.81. The number of carbonyl (C=O) groups excluding carboxylic acids is 3. The summed E-state index contributed by atoms with van der Waals surface area (Å²) in [5.41, 5.74) is -2.44. The predicted molar refractivity (Wildman–Crippen MR) is 162 cm³/mol. The Bertz CT molecular complexity index is 1020. The van der Waals surface area contributed by atoms with Gasteiger partial charge in [-0.3, -0.25) is 14.4 Å². The van der Waals surface area contributed by atoms with E-state index in [-0.39, 0.29) is 35.7 Å². The Balaban J connectivity index is 2.11.